The van der Waals surface area contributed by atoms with Gasteiger partial charge in [-0.1, -0.05) is 39.5 Å². The summed E-state index contributed by atoms with van der Waals surface area (Å²) in [5, 5.41) is 5.36. The van der Waals surface area contributed by atoms with Gasteiger partial charge in [-0.2, -0.15) is 0 Å². The molecule has 2 aliphatic carbocycles. The van der Waals surface area contributed by atoms with E-state index in [0.717, 1.165) is 11.8 Å². The Labute approximate surface area is 108 Å². The SMILES string of the molecule is CC1CCCC(C)([N]C2(C)CCCC(C)C2)C1. The summed E-state index contributed by atoms with van der Waals surface area (Å²) in [5.41, 5.74) is 0.562. The normalized spacial score (nSPS) is 48.0. The van der Waals surface area contributed by atoms with Gasteiger partial charge in [-0.3, -0.25) is 0 Å². The van der Waals surface area contributed by atoms with Crippen LogP contribution in [0.5, 0.6) is 0 Å². The molecule has 2 aliphatic rings. The molecule has 0 bridgehead atoms. The van der Waals surface area contributed by atoms with E-state index in [1.807, 2.05) is 0 Å². The summed E-state index contributed by atoms with van der Waals surface area (Å²) in [6, 6.07) is 0. The van der Waals surface area contributed by atoms with E-state index in [4.69, 9.17) is 5.32 Å². The third-order valence-corrected chi connectivity index (χ3v) is 4.94. The maximum Gasteiger partial charge on any atom is 0.0337 e. The van der Waals surface area contributed by atoms with Crippen molar-refractivity contribution in [2.75, 3.05) is 0 Å². The van der Waals surface area contributed by atoms with Crippen molar-refractivity contribution in [3.63, 3.8) is 0 Å². The molecule has 2 saturated carbocycles. The molecule has 0 aromatic rings. The first kappa shape index (κ1) is 13.4. The third-order valence-electron chi connectivity index (χ3n) is 4.94. The fraction of sp³-hybridized carbons (Fsp3) is 1.00. The second kappa shape index (κ2) is 4.91. The molecule has 0 spiro atoms. The van der Waals surface area contributed by atoms with Crippen molar-refractivity contribution in [3.8, 4) is 0 Å². The van der Waals surface area contributed by atoms with E-state index in [2.05, 4.69) is 27.7 Å². The van der Waals surface area contributed by atoms with E-state index in [-0.39, 0.29) is 11.1 Å². The molecule has 0 aromatic heterocycles. The van der Waals surface area contributed by atoms with Gasteiger partial charge < -0.3 is 0 Å². The minimum Gasteiger partial charge on any atom is -0.229 e. The Bertz CT molecular complexity index is 236. The number of hydrogen-bond donors (Lipinski definition) is 0. The molecule has 17 heavy (non-hydrogen) atoms. The summed E-state index contributed by atoms with van der Waals surface area (Å²) in [7, 11) is 0. The monoisotopic (exact) mass is 236 g/mol. The first-order valence-electron chi connectivity index (χ1n) is 7.65. The zero-order valence-corrected chi connectivity index (χ0v) is 12.3. The standard InChI is InChI=1S/C16H30N/c1-13-7-5-9-15(3,11-13)17-16(4)10-6-8-14(2)12-16/h13-14H,5-12H2,1-4H3. The maximum atomic E-state index is 5.36. The van der Waals surface area contributed by atoms with Crippen LogP contribution in [0.3, 0.4) is 0 Å². The lowest BCUT2D eigenvalue weighted by molar-refractivity contribution is 0.103. The summed E-state index contributed by atoms with van der Waals surface area (Å²) >= 11 is 0. The molecular weight excluding hydrogens is 206 g/mol. The highest BCUT2D eigenvalue weighted by Gasteiger charge is 2.40. The predicted octanol–water partition coefficient (Wildman–Crippen LogP) is 4.53. The molecule has 4 unspecified atom stereocenters. The van der Waals surface area contributed by atoms with E-state index < -0.39 is 0 Å². The van der Waals surface area contributed by atoms with Gasteiger partial charge in [-0.15, -0.1) is 0 Å². The smallest absolute Gasteiger partial charge is 0.0337 e. The highest BCUT2D eigenvalue weighted by molar-refractivity contribution is 4.98. The van der Waals surface area contributed by atoms with Crippen molar-refractivity contribution in [1.29, 1.82) is 0 Å². The molecular formula is C16H30N. The van der Waals surface area contributed by atoms with Gasteiger partial charge in [0.1, 0.15) is 0 Å². The Balaban J connectivity index is 1.98. The molecule has 1 heteroatoms. The molecule has 1 nitrogen and oxygen atoms in total. The zero-order valence-electron chi connectivity index (χ0n) is 12.3. The van der Waals surface area contributed by atoms with E-state index in [1.165, 1.54) is 51.4 Å². The van der Waals surface area contributed by atoms with Crippen LogP contribution in [0.15, 0.2) is 0 Å². The van der Waals surface area contributed by atoms with Crippen LogP contribution in [0, 0.1) is 11.8 Å². The summed E-state index contributed by atoms with van der Waals surface area (Å²) < 4.78 is 0. The average molecular weight is 236 g/mol. The highest BCUT2D eigenvalue weighted by atomic mass is 15.0. The second-order valence-electron chi connectivity index (χ2n) is 7.51. The van der Waals surface area contributed by atoms with Crippen LogP contribution < -0.4 is 5.32 Å². The molecule has 2 rings (SSSR count). The van der Waals surface area contributed by atoms with Gasteiger partial charge in [0.25, 0.3) is 0 Å². The van der Waals surface area contributed by atoms with Crippen molar-refractivity contribution in [2.45, 2.75) is 90.1 Å². The van der Waals surface area contributed by atoms with Crippen LogP contribution >= 0.6 is 0 Å². The van der Waals surface area contributed by atoms with E-state index in [9.17, 15) is 0 Å². The largest absolute Gasteiger partial charge is 0.229 e. The van der Waals surface area contributed by atoms with Crippen molar-refractivity contribution in [3.05, 3.63) is 0 Å². The quantitative estimate of drug-likeness (QED) is 0.669. The van der Waals surface area contributed by atoms with Crippen molar-refractivity contribution < 1.29 is 0 Å². The van der Waals surface area contributed by atoms with Crippen molar-refractivity contribution in [2.24, 2.45) is 11.8 Å². The van der Waals surface area contributed by atoms with Crippen LogP contribution in [0.25, 0.3) is 0 Å². The molecule has 4 atom stereocenters. The topological polar surface area (TPSA) is 14.1 Å². The highest BCUT2D eigenvalue weighted by Crippen LogP contribution is 2.39. The van der Waals surface area contributed by atoms with Gasteiger partial charge in [0.15, 0.2) is 0 Å². The summed E-state index contributed by atoms with van der Waals surface area (Å²) in [6.45, 7) is 9.62. The van der Waals surface area contributed by atoms with Crippen LogP contribution in [0.1, 0.15) is 79.1 Å². The van der Waals surface area contributed by atoms with Crippen molar-refractivity contribution in [1.82, 2.24) is 5.32 Å². The average Bonchev–Trinajstić information content (AvgIpc) is 2.14. The van der Waals surface area contributed by atoms with Crippen LogP contribution in [-0.2, 0) is 0 Å². The summed E-state index contributed by atoms with van der Waals surface area (Å²) in [4.78, 5) is 0. The number of nitrogens with zero attached hydrogens (tertiary/aromatic N) is 1. The van der Waals surface area contributed by atoms with Gasteiger partial charge in [-0.05, 0) is 51.4 Å². The van der Waals surface area contributed by atoms with E-state index in [1.54, 1.807) is 0 Å². The summed E-state index contributed by atoms with van der Waals surface area (Å²) in [6.07, 6.45) is 10.9. The first-order valence-corrected chi connectivity index (χ1v) is 7.65. The molecule has 0 amide bonds. The second-order valence-corrected chi connectivity index (χ2v) is 7.51. The van der Waals surface area contributed by atoms with Gasteiger partial charge in [0.05, 0.1) is 0 Å². The predicted molar refractivity (Wildman–Crippen MR) is 74.2 cm³/mol. The number of hydrogen-bond acceptors (Lipinski definition) is 0. The fourth-order valence-electron chi connectivity index (χ4n) is 4.43. The maximum absolute atomic E-state index is 5.36. The lowest BCUT2D eigenvalue weighted by Crippen LogP contribution is -2.53. The van der Waals surface area contributed by atoms with E-state index >= 15 is 0 Å². The van der Waals surface area contributed by atoms with Gasteiger partial charge >= 0.3 is 0 Å². The molecule has 0 N–H and O–H groups in total. The molecule has 0 aliphatic heterocycles. The lowest BCUT2D eigenvalue weighted by atomic mass is 9.72. The molecule has 1 radical (unpaired) electrons. The minimum absolute atomic E-state index is 0.281. The van der Waals surface area contributed by atoms with Crippen LogP contribution in [0.2, 0.25) is 0 Å². The molecule has 0 saturated heterocycles. The Kier molecular flexibility index (Phi) is 3.87. The van der Waals surface area contributed by atoms with Crippen LogP contribution in [0.4, 0.5) is 0 Å². The van der Waals surface area contributed by atoms with Crippen LogP contribution in [-0.4, -0.2) is 11.1 Å². The van der Waals surface area contributed by atoms with Gasteiger partial charge in [-0.25, -0.2) is 5.32 Å². The number of rotatable bonds is 2. The molecule has 2 fully saturated rings. The Morgan fingerprint density at radius 3 is 1.59 bits per heavy atom. The summed E-state index contributed by atoms with van der Waals surface area (Å²) in [5.74, 6) is 1.75. The lowest BCUT2D eigenvalue weighted by Gasteiger charge is -2.46. The van der Waals surface area contributed by atoms with E-state index in [0.29, 0.717) is 0 Å². The van der Waals surface area contributed by atoms with Gasteiger partial charge in [0, 0.05) is 11.1 Å². The third kappa shape index (κ3) is 3.47. The van der Waals surface area contributed by atoms with Gasteiger partial charge in [0.2, 0.25) is 0 Å². The Morgan fingerprint density at radius 1 is 0.824 bits per heavy atom. The first-order chi connectivity index (χ1) is 7.91. The Morgan fingerprint density at radius 2 is 1.24 bits per heavy atom. The van der Waals surface area contributed by atoms with Crippen molar-refractivity contribution >= 4 is 0 Å². The molecule has 99 valence electrons. The Hall–Kier alpha value is -0.0400. The minimum atomic E-state index is 0.281. The molecule has 0 aromatic carbocycles. The fourth-order valence-corrected chi connectivity index (χ4v) is 4.43. The molecule has 0 heterocycles. The zero-order chi connectivity index (χ0) is 12.5.